The van der Waals surface area contributed by atoms with Crippen LogP contribution in [0.25, 0.3) is 17.2 Å². The van der Waals surface area contributed by atoms with Crippen molar-refractivity contribution in [2.45, 2.75) is 70.1 Å². The molecule has 2 amide bonds. The Bertz CT molecular complexity index is 1750. The Morgan fingerprint density at radius 3 is 2.51 bits per heavy atom. The number of anilines is 2. The number of primary amides is 1. The Labute approximate surface area is 306 Å². The zero-order valence-electron chi connectivity index (χ0n) is 30.1. The molecule has 0 bridgehead atoms. The molecule has 1 aliphatic rings. The van der Waals surface area contributed by atoms with Gasteiger partial charge in [0.25, 0.3) is 5.91 Å². The molecule has 0 saturated carbocycles. The number of aromatic nitrogens is 2. The second-order valence-corrected chi connectivity index (χ2v) is 14.3. The number of hydrogen-bond acceptors (Lipinski definition) is 7. The summed E-state index contributed by atoms with van der Waals surface area (Å²) in [6.07, 6.45) is 9.66. The predicted molar refractivity (Wildman–Crippen MR) is 208 cm³/mol. The number of imidazole rings is 1. The molecule has 5 rings (SSSR count). The molecule has 1 aromatic heterocycles. The maximum atomic E-state index is 13.7. The minimum Gasteiger partial charge on any atom is -0.491 e. The van der Waals surface area contributed by atoms with Gasteiger partial charge in [-0.2, -0.15) is 0 Å². The van der Waals surface area contributed by atoms with Crippen LogP contribution in [0.1, 0.15) is 64.3 Å². The molecule has 0 saturated heterocycles. The van der Waals surface area contributed by atoms with Crippen molar-refractivity contribution in [3.63, 3.8) is 0 Å². The molecular formula is C41H51N5O4S. The van der Waals surface area contributed by atoms with Gasteiger partial charge in [-0.15, -0.1) is 11.8 Å². The van der Waals surface area contributed by atoms with Crippen molar-refractivity contribution in [1.82, 2.24) is 9.55 Å². The van der Waals surface area contributed by atoms with Crippen LogP contribution in [0.2, 0.25) is 0 Å². The summed E-state index contributed by atoms with van der Waals surface area (Å²) < 4.78 is 13.6. The molecule has 2 heterocycles. The number of nitrogens with zero attached hydrogens (tertiary/aromatic N) is 3. The highest BCUT2D eigenvalue weighted by Crippen LogP contribution is 2.34. The van der Waals surface area contributed by atoms with Gasteiger partial charge in [-0.1, -0.05) is 45.4 Å². The van der Waals surface area contributed by atoms with Gasteiger partial charge in [0.2, 0.25) is 5.91 Å². The van der Waals surface area contributed by atoms with Gasteiger partial charge in [-0.3, -0.25) is 9.59 Å². The van der Waals surface area contributed by atoms with Gasteiger partial charge in [0, 0.05) is 66.9 Å². The van der Waals surface area contributed by atoms with E-state index in [-0.39, 0.29) is 11.8 Å². The third-order valence-corrected chi connectivity index (χ3v) is 9.66. The van der Waals surface area contributed by atoms with E-state index in [0.29, 0.717) is 50.7 Å². The van der Waals surface area contributed by atoms with Crippen molar-refractivity contribution in [1.29, 1.82) is 0 Å². The lowest BCUT2D eigenvalue weighted by Gasteiger charge is -2.27. The number of fused-ring (bicyclic) bond motifs is 1. The van der Waals surface area contributed by atoms with Crippen molar-refractivity contribution < 1.29 is 19.1 Å². The summed E-state index contributed by atoms with van der Waals surface area (Å²) in [7, 11) is 0. The molecule has 0 unspecified atom stereocenters. The normalized spacial score (nSPS) is 12.7. The number of hydrogen-bond donors (Lipinski definition) is 2. The Morgan fingerprint density at radius 2 is 1.76 bits per heavy atom. The van der Waals surface area contributed by atoms with E-state index in [1.807, 2.05) is 42.6 Å². The number of unbranched alkanes of at least 4 members (excludes halogenated alkanes) is 1. The number of rotatable bonds is 19. The second-order valence-electron chi connectivity index (χ2n) is 13.2. The monoisotopic (exact) mass is 709 g/mol. The summed E-state index contributed by atoms with van der Waals surface area (Å²) in [5.74, 6) is 2.57. The summed E-state index contributed by atoms with van der Waals surface area (Å²) >= 11 is 1.68. The van der Waals surface area contributed by atoms with E-state index < -0.39 is 0 Å². The first kappa shape index (κ1) is 37.7. The minimum absolute atomic E-state index is 0.0867. The van der Waals surface area contributed by atoms with Crippen LogP contribution in [-0.4, -0.2) is 54.3 Å². The lowest BCUT2D eigenvalue weighted by atomic mass is 10.00. The minimum atomic E-state index is -0.288. The zero-order valence-corrected chi connectivity index (χ0v) is 30.9. The number of aryl methyl sites for hydroxylation is 1. The summed E-state index contributed by atoms with van der Waals surface area (Å²) in [5.41, 5.74) is 11.2. The number of benzene rings is 3. The number of nitrogens with two attached hydrogens (primary N) is 1. The van der Waals surface area contributed by atoms with Crippen LogP contribution in [0.4, 0.5) is 11.4 Å². The van der Waals surface area contributed by atoms with Crippen molar-refractivity contribution in [3.05, 3.63) is 96.1 Å². The van der Waals surface area contributed by atoms with Crippen LogP contribution in [0, 0.1) is 5.92 Å². The summed E-state index contributed by atoms with van der Waals surface area (Å²) in [4.78, 5) is 32.7. The highest BCUT2D eigenvalue weighted by Gasteiger charge is 2.21. The van der Waals surface area contributed by atoms with Crippen LogP contribution in [0.3, 0.4) is 0 Å². The van der Waals surface area contributed by atoms with Crippen LogP contribution < -0.4 is 20.7 Å². The summed E-state index contributed by atoms with van der Waals surface area (Å²) in [6, 6.07) is 22.6. The van der Waals surface area contributed by atoms with Gasteiger partial charge in [-0.05, 0) is 96.5 Å². The molecule has 4 aromatic rings. The molecule has 0 aliphatic carbocycles. The van der Waals surface area contributed by atoms with Crippen LogP contribution in [0.5, 0.6) is 5.75 Å². The maximum Gasteiger partial charge on any atom is 0.251 e. The quantitative estimate of drug-likeness (QED) is 0.0746. The van der Waals surface area contributed by atoms with E-state index in [9.17, 15) is 9.59 Å². The Kier molecular flexibility index (Phi) is 14.2. The molecule has 1 aliphatic heterocycles. The molecular weight excluding hydrogens is 659 g/mol. The highest BCUT2D eigenvalue weighted by molar-refractivity contribution is 7.98. The largest absolute Gasteiger partial charge is 0.491 e. The van der Waals surface area contributed by atoms with Gasteiger partial charge in [0.05, 0.1) is 12.4 Å². The van der Waals surface area contributed by atoms with Crippen LogP contribution in [-0.2, 0) is 26.6 Å². The van der Waals surface area contributed by atoms with Crippen molar-refractivity contribution in [3.8, 4) is 16.9 Å². The second kappa shape index (κ2) is 19.2. The number of amides is 2. The standard InChI is InChI=1S/C41H51N5O4S/c1-4-5-23-49-24-25-50-36-13-8-31(9-14-36)32-10-17-38-34(26-32)27-33(18-21-46(38)28-30(2)3)41(48)44-35-11-15-37(16-12-35)51-29-40-43-19-22-45(40)20-6-7-39(42)47/h8-17,19,22,26-27,30H,4-7,18,20-21,23-25,28-29H2,1-3H3,(H2,42,47)(H,44,48). The van der Waals surface area contributed by atoms with Gasteiger partial charge in [0.15, 0.2) is 0 Å². The smallest absolute Gasteiger partial charge is 0.251 e. The van der Waals surface area contributed by atoms with E-state index in [2.05, 4.69) is 76.9 Å². The van der Waals surface area contributed by atoms with E-state index in [1.54, 1.807) is 18.0 Å². The fourth-order valence-electron chi connectivity index (χ4n) is 5.99. The Hall–Kier alpha value is -4.54. The first-order valence-corrected chi connectivity index (χ1v) is 19.0. The van der Waals surface area contributed by atoms with Crippen molar-refractivity contribution in [2.75, 3.05) is 43.1 Å². The summed E-state index contributed by atoms with van der Waals surface area (Å²) in [5, 5.41) is 3.14. The molecule has 3 N–H and O–H groups in total. The van der Waals surface area contributed by atoms with E-state index >= 15 is 0 Å². The molecule has 0 fully saturated rings. The molecule has 51 heavy (non-hydrogen) atoms. The molecule has 0 spiro atoms. The number of thioether (sulfide) groups is 1. The van der Waals surface area contributed by atoms with E-state index in [4.69, 9.17) is 15.2 Å². The number of carbonyl (C=O) groups excluding carboxylic acids is 2. The predicted octanol–water partition coefficient (Wildman–Crippen LogP) is 8.19. The molecule has 0 atom stereocenters. The SMILES string of the molecule is CCCCOCCOc1ccc(-c2ccc3c(c2)C=C(C(=O)Nc2ccc(SCc4nccn4CCCC(N)=O)cc2)CCN3CC(C)C)cc1. The lowest BCUT2D eigenvalue weighted by molar-refractivity contribution is -0.118. The molecule has 10 heteroatoms. The first-order chi connectivity index (χ1) is 24.8. The maximum absolute atomic E-state index is 13.7. The molecule has 0 radical (unpaired) electrons. The Balaban J connectivity index is 1.23. The van der Waals surface area contributed by atoms with E-state index in [1.165, 1.54) is 0 Å². The fraction of sp³-hybridized carbons (Fsp3) is 0.390. The van der Waals surface area contributed by atoms with Gasteiger partial charge in [-0.25, -0.2) is 4.98 Å². The number of carbonyl (C=O) groups is 2. The van der Waals surface area contributed by atoms with Crippen molar-refractivity contribution in [2.24, 2.45) is 11.7 Å². The van der Waals surface area contributed by atoms with Gasteiger partial charge in [0.1, 0.15) is 18.2 Å². The van der Waals surface area contributed by atoms with Gasteiger partial charge < -0.3 is 30.0 Å². The van der Waals surface area contributed by atoms with Gasteiger partial charge >= 0.3 is 0 Å². The lowest BCUT2D eigenvalue weighted by Crippen LogP contribution is -2.29. The Morgan fingerprint density at radius 1 is 0.980 bits per heavy atom. The van der Waals surface area contributed by atoms with Crippen LogP contribution in [0.15, 0.2) is 89.6 Å². The first-order valence-electron chi connectivity index (χ1n) is 18.0. The average molecular weight is 710 g/mol. The van der Waals surface area contributed by atoms with Crippen molar-refractivity contribution >= 4 is 41.0 Å². The third kappa shape index (κ3) is 11.5. The topological polar surface area (TPSA) is 112 Å². The highest BCUT2D eigenvalue weighted by atomic mass is 32.2. The van der Waals surface area contributed by atoms with Crippen LogP contribution >= 0.6 is 11.8 Å². The number of ether oxygens (including phenoxy) is 2. The zero-order chi connectivity index (χ0) is 36.0. The molecule has 9 nitrogen and oxygen atoms in total. The number of nitrogens with one attached hydrogen (secondary N) is 1. The summed E-state index contributed by atoms with van der Waals surface area (Å²) in [6.45, 7) is 10.9. The molecule has 3 aromatic carbocycles. The van der Waals surface area contributed by atoms with E-state index in [0.717, 1.165) is 82.6 Å². The average Bonchev–Trinajstić information content (AvgIpc) is 3.49. The molecule has 270 valence electrons. The fourth-order valence-corrected chi connectivity index (χ4v) is 6.86. The third-order valence-electron chi connectivity index (χ3n) is 8.66.